The maximum absolute atomic E-state index is 12.8. The maximum atomic E-state index is 12.8. The van der Waals surface area contributed by atoms with Gasteiger partial charge >= 0.3 is 0 Å². The lowest BCUT2D eigenvalue weighted by molar-refractivity contribution is 0.297. The van der Waals surface area contributed by atoms with Gasteiger partial charge in [-0.15, -0.1) is 0 Å². The highest BCUT2D eigenvalue weighted by molar-refractivity contribution is 5.22. The fourth-order valence-corrected chi connectivity index (χ4v) is 1.24. The number of halogens is 1. The molecule has 1 aromatic carbocycles. The van der Waals surface area contributed by atoms with Crippen LogP contribution in [0.3, 0.4) is 0 Å². The van der Waals surface area contributed by atoms with Gasteiger partial charge in [0, 0.05) is 18.5 Å². The number of hydrogen-bond acceptors (Lipinski definition) is 2. The Bertz CT molecular complexity index is 414. The molecule has 0 saturated heterocycles. The molecule has 2 aromatic rings. The number of imidazole rings is 1. The van der Waals surface area contributed by atoms with Gasteiger partial charge in [-0.25, -0.2) is 9.37 Å². The van der Waals surface area contributed by atoms with E-state index in [4.69, 9.17) is 4.74 Å². The van der Waals surface area contributed by atoms with Crippen LogP contribution in [0.4, 0.5) is 4.39 Å². The van der Waals surface area contributed by atoms with Gasteiger partial charge in [-0.3, -0.25) is 0 Å². The van der Waals surface area contributed by atoms with Gasteiger partial charge in [0.2, 0.25) is 0 Å². The molecule has 4 heteroatoms. The van der Waals surface area contributed by atoms with Crippen LogP contribution in [0.1, 0.15) is 0 Å². The number of aromatic nitrogens is 2. The molecular weight excluding hydrogens is 195 g/mol. The van der Waals surface area contributed by atoms with Crippen molar-refractivity contribution < 1.29 is 9.13 Å². The molecule has 0 unspecified atom stereocenters. The summed E-state index contributed by atoms with van der Waals surface area (Å²) < 4.78 is 20.0. The summed E-state index contributed by atoms with van der Waals surface area (Å²) in [6.07, 6.45) is 5.28. The fourth-order valence-electron chi connectivity index (χ4n) is 1.24. The Morgan fingerprint density at radius 1 is 1.40 bits per heavy atom. The Morgan fingerprint density at radius 3 is 3.07 bits per heavy atom. The van der Waals surface area contributed by atoms with Gasteiger partial charge < -0.3 is 9.30 Å². The number of benzene rings is 1. The van der Waals surface area contributed by atoms with Crippen LogP contribution in [0.2, 0.25) is 0 Å². The van der Waals surface area contributed by atoms with E-state index >= 15 is 0 Å². The normalized spacial score (nSPS) is 10.2. The average molecular weight is 206 g/mol. The van der Waals surface area contributed by atoms with Crippen LogP contribution in [0.5, 0.6) is 5.75 Å². The van der Waals surface area contributed by atoms with Crippen molar-refractivity contribution in [3.05, 3.63) is 48.8 Å². The van der Waals surface area contributed by atoms with Crippen molar-refractivity contribution in [3.63, 3.8) is 0 Å². The van der Waals surface area contributed by atoms with E-state index in [0.29, 0.717) is 18.9 Å². The standard InChI is InChI=1S/C11H11FN2O/c12-10-2-1-3-11(8-10)15-7-6-14-5-4-13-9-14/h1-5,8-9H,6-7H2. The summed E-state index contributed by atoms with van der Waals surface area (Å²) in [5, 5.41) is 0. The van der Waals surface area contributed by atoms with Gasteiger partial charge in [0.1, 0.15) is 18.2 Å². The van der Waals surface area contributed by atoms with Crippen molar-refractivity contribution in [2.75, 3.05) is 6.61 Å². The summed E-state index contributed by atoms with van der Waals surface area (Å²) in [5.41, 5.74) is 0. The minimum absolute atomic E-state index is 0.282. The van der Waals surface area contributed by atoms with Gasteiger partial charge in [-0.05, 0) is 12.1 Å². The third kappa shape index (κ3) is 2.80. The van der Waals surface area contributed by atoms with Crippen molar-refractivity contribution >= 4 is 0 Å². The van der Waals surface area contributed by atoms with Crippen molar-refractivity contribution in [2.24, 2.45) is 0 Å². The van der Waals surface area contributed by atoms with E-state index in [1.165, 1.54) is 12.1 Å². The molecule has 78 valence electrons. The molecule has 15 heavy (non-hydrogen) atoms. The van der Waals surface area contributed by atoms with Crippen LogP contribution in [0.15, 0.2) is 43.0 Å². The molecule has 0 N–H and O–H groups in total. The monoisotopic (exact) mass is 206 g/mol. The second kappa shape index (κ2) is 4.59. The van der Waals surface area contributed by atoms with E-state index in [2.05, 4.69) is 4.98 Å². The Labute approximate surface area is 87.1 Å². The summed E-state index contributed by atoms with van der Waals surface area (Å²) in [4.78, 5) is 3.91. The molecule has 0 amide bonds. The van der Waals surface area contributed by atoms with E-state index < -0.39 is 0 Å². The van der Waals surface area contributed by atoms with Crippen LogP contribution >= 0.6 is 0 Å². The first kappa shape index (κ1) is 9.71. The molecule has 0 aliphatic heterocycles. The van der Waals surface area contributed by atoms with E-state index in [-0.39, 0.29) is 5.82 Å². The SMILES string of the molecule is Fc1cccc(OCCn2ccnc2)c1. The number of nitrogens with zero attached hydrogens (tertiary/aromatic N) is 2. The predicted molar refractivity (Wildman–Crippen MR) is 54.1 cm³/mol. The zero-order valence-corrected chi connectivity index (χ0v) is 8.14. The van der Waals surface area contributed by atoms with Crippen molar-refractivity contribution in [1.29, 1.82) is 0 Å². The predicted octanol–water partition coefficient (Wildman–Crippen LogP) is 2.10. The Kier molecular flexibility index (Phi) is 2.97. The zero-order chi connectivity index (χ0) is 10.5. The smallest absolute Gasteiger partial charge is 0.126 e. The number of ether oxygens (including phenoxy) is 1. The van der Waals surface area contributed by atoms with Crippen LogP contribution in [-0.2, 0) is 6.54 Å². The van der Waals surface area contributed by atoms with Crippen LogP contribution < -0.4 is 4.74 Å². The van der Waals surface area contributed by atoms with Crippen molar-refractivity contribution in [2.45, 2.75) is 6.54 Å². The second-order valence-corrected chi connectivity index (χ2v) is 3.11. The molecule has 1 heterocycles. The highest BCUT2D eigenvalue weighted by Gasteiger charge is 1.95. The fraction of sp³-hybridized carbons (Fsp3) is 0.182. The highest BCUT2D eigenvalue weighted by Crippen LogP contribution is 2.11. The Hall–Kier alpha value is -1.84. The van der Waals surface area contributed by atoms with E-state index in [9.17, 15) is 4.39 Å². The molecule has 0 fully saturated rings. The number of hydrogen-bond donors (Lipinski definition) is 0. The summed E-state index contributed by atoms with van der Waals surface area (Å²) in [6.45, 7) is 1.20. The summed E-state index contributed by atoms with van der Waals surface area (Å²) in [6, 6.07) is 6.12. The highest BCUT2D eigenvalue weighted by atomic mass is 19.1. The minimum atomic E-state index is -0.282. The van der Waals surface area contributed by atoms with Gasteiger partial charge in [-0.1, -0.05) is 6.07 Å². The largest absolute Gasteiger partial charge is 0.492 e. The summed E-state index contributed by atoms with van der Waals surface area (Å²) in [5.74, 6) is 0.269. The maximum Gasteiger partial charge on any atom is 0.126 e. The van der Waals surface area contributed by atoms with E-state index in [1.807, 2.05) is 10.8 Å². The van der Waals surface area contributed by atoms with Crippen molar-refractivity contribution in [1.82, 2.24) is 9.55 Å². The van der Waals surface area contributed by atoms with Crippen LogP contribution in [-0.4, -0.2) is 16.2 Å². The first-order valence-electron chi connectivity index (χ1n) is 4.69. The third-order valence-electron chi connectivity index (χ3n) is 1.97. The van der Waals surface area contributed by atoms with Gasteiger partial charge in [0.15, 0.2) is 0 Å². The molecule has 0 bridgehead atoms. The molecule has 0 aliphatic carbocycles. The number of rotatable bonds is 4. The van der Waals surface area contributed by atoms with Gasteiger partial charge in [0.25, 0.3) is 0 Å². The van der Waals surface area contributed by atoms with Gasteiger partial charge in [-0.2, -0.15) is 0 Å². The van der Waals surface area contributed by atoms with E-state index in [0.717, 1.165) is 0 Å². The molecule has 0 radical (unpaired) electrons. The van der Waals surface area contributed by atoms with Gasteiger partial charge in [0.05, 0.1) is 12.9 Å². The average Bonchev–Trinajstić information content (AvgIpc) is 2.71. The molecule has 0 aliphatic rings. The first-order valence-corrected chi connectivity index (χ1v) is 4.69. The lowest BCUT2D eigenvalue weighted by atomic mass is 10.3. The zero-order valence-electron chi connectivity index (χ0n) is 8.14. The Balaban J connectivity index is 1.83. The van der Waals surface area contributed by atoms with Crippen molar-refractivity contribution in [3.8, 4) is 5.75 Å². The molecule has 0 spiro atoms. The van der Waals surface area contributed by atoms with Crippen LogP contribution in [0, 0.1) is 5.82 Å². The molecule has 2 rings (SSSR count). The second-order valence-electron chi connectivity index (χ2n) is 3.11. The molecule has 0 atom stereocenters. The topological polar surface area (TPSA) is 27.1 Å². The lowest BCUT2D eigenvalue weighted by Crippen LogP contribution is -2.06. The summed E-state index contributed by atoms with van der Waals surface area (Å²) >= 11 is 0. The molecule has 3 nitrogen and oxygen atoms in total. The molecular formula is C11H11FN2O. The third-order valence-corrected chi connectivity index (χ3v) is 1.97. The minimum Gasteiger partial charge on any atom is -0.492 e. The molecule has 1 aromatic heterocycles. The quantitative estimate of drug-likeness (QED) is 0.766. The Morgan fingerprint density at radius 2 is 2.33 bits per heavy atom. The summed E-state index contributed by atoms with van der Waals surface area (Å²) in [7, 11) is 0. The first-order chi connectivity index (χ1) is 7.34. The lowest BCUT2D eigenvalue weighted by Gasteiger charge is -2.06. The van der Waals surface area contributed by atoms with Crippen LogP contribution in [0.25, 0.3) is 0 Å². The van der Waals surface area contributed by atoms with E-state index in [1.54, 1.807) is 24.7 Å². The molecule has 0 saturated carbocycles.